The van der Waals surface area contributed by atoms with Gasteiger partial charge in [0.25, 0.3) is 0 Å². The predicted molar refractivity (Wildman–Crippen MR) is 136 cm³/mol. The summed E-state index contributed by atoms with van der Waals surface area (Å²) in [5.74, 6) is 0.770. The lowest BCUT2D eigenvalue weighted by atomic mass is 10.0. The van der Waals surface area contributed by atoms with Gasteiger partial charge in [-0.25, -0.2) is 0 Å². The van der Waals surface area contributed by atoms with Crippen LogP contribution >= 0.6 is 0 Å². The fourth-order valence-corrected chi connectivity index (χ4v) is 3.93. The molecule has 0 saturated heterocycles. The highest BCUT2D eigenvalue weighted by molar-refractivity contribution is 5.19. The van der Waals surface area contributed by atoms with Gasteiger partial charge in [0, 0.05) is 12.7 Å². The average molecular weight is 457 g/mol. The van der Waals surface area contributed by atoms with Crippen LogP contribution in [0.25, 0.3) is 0 Å². The van der Waals surface area contributed by atoms with Crippen LogP contribution < -0.4 is 10.2 Å². The van der Waals surface area contributed by atoms with Crippen LogP contribution in [0.4, 0.5) is 0 Å². The number of ether oxygens (including phenoxy) is 2. The van der Waals surface area contributed by atoms with Crippen LogP contribution in [0.2, 0.25) is 0 Å². The second-order valence-electron chi connectivity index (χ2n) is 9.00. The largest absolute Gasteiger partial charge is 0.482 e. The van der Waals surface area contributed by atoms with Crippen molar-refractivity contribution in [1.29, 1.82) is 0 Å². The van der Waals surface area contributed by atoms with Crippen molar-refractivity contribution in [2.75, 3.05) is 6.61 Å². The highest BCUT2D eigenvalue weighted by Gasteiger charge is 2.05. The van der Waals surface area contributed by atoms with E-state index in [0.29, 0.717) is 25.6 Å². The molecule has 0 fully saturated rings. The van der Waals surface area contributed by atoms with Gasteiger partial charge in [0.15, 0.2) is 0 Å². The Bertz CT molecular complexity index is 769. The highest BCUT2D eigenvalue weighted by atomic mass is 16.5. The predicted octanol–water partition coefficient (Wildman–Crippen LogP) is 8.22. The monoisotopic (exact) mass is 456 g/mol. The molecule has 0 spiro atoms. The van der Waals surface area contributed by atoms with Crippen molar-refractivity contribution in [3.05, 3.63) is 64.2 Å². The molecule has 0 N–H and O–H groups in total. The molecule has 0 aliphatic rings. The molecule has 0 saturated carbocycles. The van der Waals surface area contributed by atoms with Crippen molar-refractivity contribution in [2.24, 2.45) is 0 Å². The summed E-state index contributed by atoms with van der Waals surface area (Å²) in [4.78, 5) is 12.2. The van der Waals surface area contributed by atoms with E-state index in [-0.39, 0.29) is 11.2 Å². The van der Waals surface area contributed by atoms with Gasteiger partial charge in [0.2, 0.25) is 11.2 Å². The van der Waals surface area contributed by atoms with Gasteiger partial charge in [-0.2, -0.15) is 0 Å². The topological polar surface area (TPSA) is 48.7 Å². The van der Waals surface area contributed by atoms with Gasteiger partial charge in [-0.3, -0.25) is 4.79 Å². The zero-order valence-corrected chi connectivity index (χ0v) is 20.7. The van der Waals surface area contributed by atoms with Gasteiger partial charge in [0.05, 0.1) is 0 Å². The van der Waals surface area contributed by atoms with Gasteiger partial charge in [-0.05, 0) is 12.0 Å². The molecule has 4 nitrogen and oxygen atoms in total. The van der Waals surface area contributed by atoms with Crippen LogP contribution in [0, 0.1) is 0 Å². The maximum atomic E-state index is 12.2. The Morgan fingerprint density at radius 1 is 0.727 bits per heavy atom. The van der Waals surface area contributed by atoms with Crippen LogP contribution in [-0.2, 0) is 18.0 Å². The quantitative estimate of drug-likeness (QED) is 0.188. The Kier molecular flexibility index (Phi) is 15.1. The van der Waals surface area contributed by atoms with Crippen LogP contribution in [0.5, 0.6) is 5.75 Å². The summed E-state index contributed by atoms with van der Waals surface area (Å²) < 4.78 is 16.7. The van der Waals surface area contributed by atoms with Gasteiger partial charge in [-0.1, -0.05) is 121 Å². The lowest BCUT2D eigenvalue weighted by Gasteiger charge is -2.07. The summed E-state index contributed by atoms with van der Waals surface area (Å²) in [5, 5.41) is 0. The molecule has 4 heteroatoms. The minimum Gasteiger partial charge on any atom is -0.482 e. The van der Waals surface area contributed by atoms with E-state index in [9.17, 15) is 4.79 Å². The Hall–Kier alpha value is -2.07. The van der Waals surface area contributed by atoms with Crippen molar-refractivity contribution < 1.29 is 13.9 Å². The van der Waals surface area contributed by atoms with Crippen LogP contribution in [0.1, 0.15) is 108 Å². The van der Waals surface area contributed by atoms with Gasteiger partial charge in [-0.15, -0.1) is 0 Å². The van der Waals surface area contributed by atoms with Gasteiger partial charge >= 0.3 is 0 Å². The normalized spacial score (nSPS) is 11.1. The minimum absolute atomic E-state index is 0.174. The average Bonchev–Trinajstić information content (AvgIpc) is 2.84. The first-order valence-electron chi connectivity index (χ1n) is 13.2. The first-order chi connectivity index (χ1) is 16.3. The maximum absolute atomic E-state index is 12.2. The summed E-state index contributed by atoms with van der Waals surface area (Å²) in [7, 11) is 0. The molecule has 2 aromatic rings. The fraction of sp³-hybridized carbons (Fsp3) is 0.621. The van der Waals surface area contributed by atoms with E-state index in [2.05, 4.69) is 6.92 Å². The summed E-state index contributed by atoms with van der Waals surface area (Å²) in [5.41, 5.74) is 0.838. The van der Waals surface area contributed by atoms with Crippen molar-refractivity contribution >= 4 is 0 Å². The van der Waals surface area contributed by atoms with E-state index in [4.69, 9.17) is 13.9 Å². The highest BCUT2D eigenvalue weighted by Crippen LogP contribution is 2.13. The number of benzene rings is 1. The van der Waals surface area contributed by atoms with Crippen molar-refractivity contribution in [1.82, 2.24) is 0 Å². The molecule has 1 heterocycles. The summed E-state index contributed by atoms with van der Waals surface area (Å²) in [6, 6.07) is 11.2. The smallest absolute Gasteiger partial charge is 0.227 e. The molecular formula is C29H44O4. The Labute approximate surface area is 200 Å². The first-order valence-corrected chi connectivity index (χ1v) is 13.2. The Morgan fingerprint density at radius 2 is 1.30 bits per heavy atom. The van der Waals surface area contributed by atoms with E-state index >= 15 is 0 Å². The summed E-state index contributed by atoms with van der Waals surface area (Å²) in [6.45, 7) is 3.65. The van der Waals surface area contributed by atoms with E-state index < -0.39 is 0 Å². The zero-order chi connectivity index (χ0) is 23.4. The molecule has 0 unspecified atom stereocenters. The summed E-state index contributed by atoms with van der Waals surface area (Å²) in [6.07, 6.45) is 20.2. The number of hydrogen-bond acceptors (Lipinski definition) is 4. The molecule has 33 heavy (non-hydrogen) atoms. The third-order valence-corrected chi connectivity index (χ3v) is 5.98. The molecule has 0 radical (unpaired) electrons. The molecule has 0 bridgehead atoms. The summed E-state index contributed by atoms with van der Waals surface area (Å²) >= 11 is 0. The molecule has 2 rings (SSSR count). The number of rotatable bonds is 20. The van der Waals surface area contributed by atoms with Crippen molar-refractivity contribution in [3.63, 3.8) is 0 Å². The third-order valence-electron chi connectivity index (χ3n) is 5.98. The van der Waals surface area contributed by atoms with Crippen molar-refractivity contribution in [2.45, 2.75) is 110 Å². The van der Waals surface area contributed by atoms with E-state index in [1.54, 1.807) is 0 Å². The second-order valence-corrected chi connectivity index (χ2v) is 9.00. The number of unbranched alkanes of at least 4 members (excludes halogenated alkanes) is 13. The van der Waals surface area contributed by atoms with Crippen molar-refractivity contribution in [3.8, 4) is 5.75 Å². The molecule has 1 aromatic carbocycles. The number of hydrogen-bond donors (Lipinski definition) is 0. The lowest BCUT2D eigenvalue weighted by molar-refractivity contribution is 0.100. The zero-order valence-electron chi connectivity index (χ0n) is 20.7. The van der Waals surface area contributed by atoms with Crippen LogP contribution in [-0.4, -0.2) is 6.61 Å². The van der Waals surface area contributed by atoms with E-state index in [0.717, 1.165) is 12.0 Å². The third kappa shape index (κ3) is 13.3. The molecular weight excluding hydrogens is 412 g/mol. The van der Waals surface area contributed by atoms with Crippen LogP contribution in [0.3, 0.4) is 0 Å². The van der Waals surface area contributed by atoms with E-state index in [1.165, 1.54) is 95.8 Å². The molecule has 0 amide bonds. The molecule has 0 aliphatic heterocycles. The maximum Gasteiger partial charge on any atom is 0.227 e. The lowest BCUT2D eigenvalue weighted by Crippen LogP contribution is -2.08. The Balaban J connectivity index is 1.41. The fourth-order valence-electron chi connectivity index (χ4n) is 3.93. The first kappa shape index (κ1) is 27.2. The van der Waals surface area contributed by atoms with E-state index in [1.807, 2.05) is 30.3 Å². The Morgan fingerprint density at radius 3 is 1.88 bits per heavy atom. The van der Waals surface area contributed by atoms with Gasteiger partial charge < -0.3 is 13.9 Å². The molecule has 0 atom stereocenters. The standard InChI is InChI=1S/C29H44O4/c1-2-3-4-5-6-7-8-9-10-11-12-13-14-18-21-31-24-27-22-28(30)29(25-32-27)33-23-26-19-16-15-17-20-26/h15-17,19-20,22,25H,2-14,18,21,23-24H2,1H3. The second kappa shape index (κ2) is 18.4. The molecule has 0 aliphatic carbocycles. The van der Waals surface area contributed by atoms with Crippen LogP contribution in [0.15, 0.2) is 51.9 Å². The van der Waals surface area contributed by atoms with Gasteiger partial charge in [0.1, 0.15) is 25.2 Å². The molecule has 184 valence electrons. The SMILES string of the molecule is CCCCCCCCCCCCCCCCOCc1cc(=O)c(OCc2ccccc2)co1. The minimum atomic E-state index is -0.174. The molecule has 1 aromatic heterocycles.